The molecule has 1 rings (SSSR count). The van der Waals surface area contributed by atoms with Crippen molar-refractivity contribution in [3.63, 3.8) is 0 Å². The Kier molecular flexibility index (Phi) is 10.1. The van der Waals surface area contributed by atoms with Gasteiger partial charge in [0, 0.05) is 6.61 Å². The normalized spacial score (nSPS) is 11.8. The molecule has 0 saturated carbocycles. The minimum Gasteiger partial charge on any atom is -0.379 e. The molecule has 7 heteroatoms. The van der Waals surface area contributed by atoms with Crippen molar-refractivity contribution in [3.05, 3.63) is 29.3 Å². The molecular formula is C17H28O6S. The van der Waals surface area contributed by atoms with E-state index in [4.69, 9.17) is 14.2 Å². The van der Waals surface area contributed by atoms with E-state index in [0.29, 0.717) is 45.0 Å². The summed E-state index contributed by atoms with van der Waals surface area (Å²) in [5.74, 6) is 0. The van der Waals surface area contributed by atoms with Gasteiger partial charge in [-0.1, -0.05) is 31.0 Å². The first kappa shape index (κ1) is 21.1. The fourth-order valence-electron chi connectivity index (χ4n) is 2.13. The summed E-state index contributed by atoms with van der Waals surface area (Å²) in [6, 6.07) is 4.82. The van der Waals surface area contributed by atoms with Crippen LogP contribution in [0.3, 0.4) is 0 Å². The molecule has 0 aliphatic heterocycles. The Labute approximate surface area is 144 Å². The van der Waals surface area contributed by atoms with E-state index in [9.17, 15) is 13.0 Å². The maximum atomic E-state index is 11.3. The van der Waals surface area contributed by atoms with Crippen LogP contribution in [-0.4, -0.2) is 52.6 Å². The summed E-state index contributed by atoms with van der Waals surface area (Å²) in [6.07, 6.45) is 2.60. The number of hydrogen-bond acceptors (Lipinski definition) is 5. The second kappa shape index (κ2) is 11.5. The summed E-state index contributed by atoms with van der Waals surface area (Å²) in [5.41, 5.74) is 1.49. The van der Waals surface area contributed by atoms with E-state index in [-0.39, 0.29) is 4.90 Å². The lowest BCUT2D eigenvalue weighted by atomic mass is 10.1. The molecule has 0 fully saturated rings. The summed E-state index contributed by atoms with van der Waals surface area (Å²) >= 11 is 0. The zero-order chi connectivity index (χ0) is 17.8. The smallest absolute Gasteiger partial charge is 0.294 e. The van der Waals surface area contributed by atoms with Crippen molar-refractivity contribution in [1.82, 2.24) is 0 Å². The van der Waals surface area contributed by atoms with Crippen LogP contribution in [0.15, 0.2) is 23.1 Å². The van der Waals surface area contributed by atoms with Crippen LogP contribution in [0.5, 0.6) is 0 Å². The molecule has 24 heavy (non-hydrogen) atoms. The predicted octanol–water partition coefficient (Wildman–Crippen LogP) is 2.63. The van der Waals surface area contributed by atoms with Gasteiger partial charge in [-0.3, -0.25) is 4.55 Å². The largest absolute Gasteiger partial charge is 0.379 e. The van der Waals surface area contributed by atoms with Crippen LogP contribution in [0.2, 0.25) is 0 Å². The Hall–Kier alpha value is -0.990. The van der Waals surface area contributed by atoms with Crippen molar-refractivity contribution in [3.8, 4) is 0 Å². The Bertz CT molecular complexity index is 570. The fourth-order valence-corrected chi connectivity index (χ4v) is 2.86. The maximum Gasteiger partial charge on any atom is 0.294 e. The van der Waals surface area contributed by atoms with Crippen LogP contribution < -0.4 is 0 Å². The van der Waals surface area contributed by atoms with Crippen LogP contribution in [0.4, 0.5) is 0 Å². The molecule has 0 radical (unpaired) electrons. The van der Waals surface area contributed by atoms with E-state index in [1.54, 1.807) is 12.1 Å². The average molecular weight is 360 g/mol. The molecule has 0 aliphatic carbocycles. The standard InChI is InChI=1S/C17H28O6S/c1-3-4-8-21-10-12-23-13-11-22-9-7-16-14-15(2)5-6-17(16)24(18,19)20/h5-6,14H,3-4,7-13H2,1-2H3,(H,18,19,20). The first-order valence-electron chi connectivity index (χ1n) is 8.25. The van der Waals surface area contributed by atoms with Crippen molar-refractivity contribution >= 4 is 10.1 Å². The highest BCUT2D eigenvalue weighted by Gasteiger charge is 2.14. The number of unbranched alkanes of at least 4 members (excludes halogenated alkanes) is 1. The van der Waals surface area contributed by atoms with E-state index < -0.39 is 10.1 Å². The molecule has 1 aromatic rings. The molecule has 0 amide bonds. The molecule has 0 saturated heterocycles. The summed E-state index contributed by atoms with van der Waals surface area (Å²) in [7, 11) is -4.21. The van der Waals surface area contributed by atoms with Crippen LogP contribution in [-0.2, 0) is 30.7 Å². The van der Waals surface area contributed by atoms with E-state index in [0.717, 1.165) is 25.0 Å². The minimum absolute atomic E-state index is 0.0582. The molecule has 0 bridgehead atoms. The third-order valence-corrected chi connectivity index (χ3v) is 4.35. The molecule has 0 aromatic heterocycles. The Morgan fingerprint density at radius 3 is 2.12 bits per heavy atom. The number of ether oxygens (including phenoxy) is 3. The summed E-state index contributed by atoms with van der Waals surface area (Å²) in [6.45, 7) is 7.14. The fraction of sp³-hybridized carbons (Fsp3) is 0.647. The lowest BCUT2D eigenvalue weighted by Gasteiger charge is -2.09. The van der Waals surface area contributed by atoms with Crippen LogP contribution in [0.1, 0.15) is 30.9 Å². The van der Waals surface area contributed by atoms with Gasteiger partial charge in [0.25, 0.3) is 10.1 Å². The van der Waals surface area contributed by atoms with Crippen molar-refractivity contribution in [2.45, 2.75) is 38.0 Å². The van der Waals surface area contributed by atoms with Crippen LogP contribution >= 0.6 is 0 Å². The van der Waals surface area contributed by atoms with Gasteiger partial charge >= 0.3 is 0 Å². The molecule has 6 nitrogen and oxygen atoms in total. The van der Waals surface area contributed by atoms with Gasteiger partial charge in [-0.15, -0.1) is 0 Å². The SMILES string of the molecule is CCCCOCCOCCOCCc1cc(C)ccc1S(=O)(=O)O. The zero-order valence-corrected chi connectivity index (χ0v) is 15.3. The quantitative estimate of drug-likeness (QED) is 0.430. The van der Waals surface area contributed by atoms with Gasteiger partial charge in [0.2, 0.25) is 0 Å². The molecule has 138 valence electrons. The van der Waals surface area contributed by atoms with Gasteiger partial charge in [0.05, 0.1) is 37.9 Å². The third kappa shape index (κ3) is 8.75. The molecular weight excluding hydrogens is 332 g/mol. The number of hydrogen-bond donors (Lipinski definition) is 1. The molecule has 0 aliphatic rings. The maximum absolute atomic E-state index is 11.3. The van der Waals surface area contributed by atoms with Gasteiger partial charge in [-0.25, -0.2) is 0 Å². The van der Waals surface area contributed by atoms with Gasteiger partial charge in [-0.05, 0) is 31.4 Å². The highest BCUT2D eigenvalue weighted by molar-refractivity contribution is 7.85. The van der Waals surface area contributed by atoms with Crippen molar-refractivity contribution < 1.29 is 27.2 Å². The number of rotatable bonds is 13. The lowest BCUT2D eigenvalue weighted by molar-refractivity contribution is 0.0145. The molecule has 0 atom stereocenters. The first-order chi connectivity index (χ1) is 11.4. The first-order valence-corrected chi connectivity index (χ1v) is 9.69. The van der Waals surface area contributed by atoms with Crippen molar-refractivity contribution in [2.24, 2.45) is 0 Å². The highest BCUT2D eigenvalue weighted by Crippen LogP contribution is 2.17. The lowest BCUT2D eigenvalue weighted by Crippen LogP contribution is -2.11. The molecule has 1 N–H and O–H groups in total. The molecule has 0 unspecified atom stereocenters. The highest BCUT2D eigenvalue weighted by atomic mass is 32.2. The third-order valence-electron chi connectivity index (χ3n) is 3.40. The van der Waals surface area contributed by atoms with Gasteiger partial charge in [0.1, 0.15) is 0 Å². The monoisotopic (exact) mass is 360 g/mol. The molecule has 0 spiro atoms. The van der Waals surface area contributed by atoms with E-state index in [1.165, 1.54) is 6.07 Å². The van der Waals surface area contributed by atoms with Crippen LogP contribution in [0, 0.1) is 6.92 Å². The van der Waals surface area contributed by atoms with Crippen LogP contribution in [0.25, 0.3) is 0 Å². The molecule has 0 heterocycles. The van der Waals surface area contributed by atoms with Crippen molar-refractivity contribution in [2.75, 3.05) is 39.6 Å². The Balaban J connectivity index is 2.19. The summed E-state index contributed by atoms with van der Waals surface area (Å²) in [5, 5.41) is 0. The van der Waals surface area contributed by atoms with Gasteiger partial charge in [0.15, 0.2) is 0 Å². The number of benzene rings is 1. The summed E-state index contributed by atoms with van der Waals surface area (Å²) < 4.78 is 48.1. The molecule has 1 aromatic carbocycles. The topological polar surface area (TPSA) is 82.1 Å². The summed E-state index contributed by atoms with van der Waals surface area (Å²) in [4.78, 5) is -0.0582. The van der Waals surface area contributed by atoms with Gasteiger partial charge < -0.3 is 14.2 Å². The number of aryl methyl sites for hydroxylation is 1. The Morgan fingerprint density at radius 1 is 0.958 bits per heavy atom. The van der Waals surface area contributed by atoms with E-state index >= 15 is 0 Å². The average Bonchev–Trinajstić information content (AvgIpc) is 2.51. The zero-order valence-electron chi connectivity index (χ0n) is 14.5. The predicted molar refractivity (Wildman–Crippen MR) is 92.1 cm³/mol. The Morgan fingerprint density at radius 2 is 1.54 bits per heavy atom. The van der Waals surface area contributed by atoms with Crippen molar-refractivity contribution in [1.29, 1.82) is 0 Å². The van der Waals surface area contributed by atoms with Gasteiger partial charge in [-0.2, -0.15) is 8.42 Å². The minimum atomic E-state index is -4.21. The second-order valence-corrected chi connectivity index (χ2v) is 6.92. The second-order valence-electron chi connectivity index (χ2n) is 5.53. The van der Waals surface area contributed by atoms with E-state index in [1.807, 2.05) is 6.92 Å². The van der Waals surface area contributed by atoms with E-state index in [2.05, 4.69) is 6.92 Å².